The second-order valence-electron chi connectivity index (χ2n) is 7.58. The maximum absolute atomic E-state index is 12.9. The fraction of sp³-hybridized carbons (Fsp3) is 0.304. The average molecular weight is 451 g/mol. The first-order valence-corrected chi connectivity index (χ1v) is 11.0. The van der Waals surface area contributed by atoms with Crippen LogP contribution in [0, 0.1) is 25.2 Å². The van der Waals surface area contributed by atoms with Gasteiger partial charge in [-0.15, -0.1) is 0 Å². The smallest absolute Gasteiger partial charge is 0.294 e. The molecule has 0 unspecified atom stereocenters. The number of aromatic nitrogens is 1. The SMILES string of the molecule is Cc1cc(/C=C2/SC(=O)N(CC(=O)N3CCOCC3)C2=O)c(C)n1-c1ccc(C#N)cc1. The minimum atomic E-state index is -0.454. The second kappa shape index (κ2) is 9.02. The van der Waals surface area contributed by atoms with E-state index in [0.29, 0.717) is 36.8 Å². The molecule has 2 aromatic rings. The summed E-state index contributed by atoms with van der Waals surface area (Å²) in [6, 6.07) is 11.3. The highest BCUT2D eigenvalue weighted by Gasteiger charge is 2.37. The average Bonchev–Trinajstić information content (AvgIpc) is 3.23. The Hall–Kier alpha value is -3.35. The molecule has 0 atom stereocenters. The number of hydrogen-bond donors (Lipinski definition) is 0. The lowest BCUT2D eigenvalue weighted by Crippen LogP contribution is -2.46. The summed E-state index contributed by atoms with van der Waals surface area (Å²) in [5.74, 6) is -0.708. The molecular formula is C23H22N4O4S. The normalized spacial score (nSPS) is 17.8. The molecule has 8 nitrogen and oxygen atoms in total. The van der Waals surface area contributed by atoms with Gasteiger partial charge in [0.1, 0.15) is 6.54 Å². The van der Waals surface area contributed by atoms with Crippen LogP contribution in [0.5, 0.6) is 0 Å². The van der Waals surface area contributed by atoms with Crippen molar-refractivity contribution < 1.29 is 19.1 Å². The largest absolute Gasteiger partial charge is 0.378 e. The number of morpholine rings is 1. The topological polar surface area (TPSA) is 95.6 Å². The maximum atomic E-state index is 12.9. The lowest BCUT2D eigenvalue weighted by molar-refractivity contribution is -0.139. The van der Waals surface area contributed by atoms with Crippen LogP contribution in [0.2, 0.25) is 0 Å². The minimum absolute atomic E-state index is 0.254. The van der Waals surface area contributed by atoms with Crippen LogP contribution in [0.4, 0.5) is 4.79 Å². The number of amides is 3. The maximum Gasteiger partial charge on any atom is 0.294 e. The second-order valence-corrected chi connectivity index (χ2v) is 8.57. The van der Waals surface area contributed by atoms with Gasteiger partial charge < -0.3 is 14.2 Å². The van der Waals surface area contributed by atoms with E-state index >= 15 is 0 Å². The Kier molecular flexibility index (Phi) is 6.17. The zero-order chi connectivity index (χ0) is 22.8. The van der Waals surface area contributed by atoms with Crippen LogP contribution < -0.4 is 0 Å². The van der Waals surface area contributed by atoms with Gasteiger partial charge in [-0.2, -0.15) is 5.26 Å². The molecule has 0 radical (unpaired) electrons. The summed E-state index contributed by atoms with van der Waals surface area (Å²) >= 11 is 0.848. The molecule has 2 fully saturated rings. The van der Waals surface area contributed by atoms with Crippen molar-refractivity contribution in [1.82, 2.24) is 14.4 Å². The highest BCUT2D eigenvalue weighted by atomic mass is 32.2. The van der Waals surface area contributed by atoms with Crippen LogP contribution in [-0.2, 0) is 14.3 Å². The number of carbonyl (C=O) groups is 3. The fourth-order valence-electron chi connectivity index (χ4n) is 3.84. The number of benzene rings is 1. The molecule has 32 heavy (non-hydrogen) atoms. The van der Waals surface area contributed by atoms with E-state index in [1.807, 2.05) is 36.6 Å². The van der Waals surface area contributed by atoms with Crippen molar-refractivity contribution in [2.24, 2.45) is 0 Å². The van der Waals surface area contributed by atoms with Crippen molar-refractivity contribution in [2.75, 3.05) is 32.8 Å². The molecule has 2 aliphatic rings. The monoisotopic (exact) mass is 450 g/mol. The summed E-state index contributed by atoms with van der Waals surface area (Å²) in [5.41, 5.74) is 4.17. The molecule has 1 aromatic heterocycles. The van der Waals surface area contributed by atoms with Gasteiger partial charge in [-0.3, -0.25) is 19.3 Å². The Balaban J connectivity index is 1.55. The van der Waals surface area contributed by atoms with Gasteiger partial charge in [-0.1, -0.05) is 0 Å². The number of ether oxygens (including phenoxy) is 1. The molecule has 3 heterocycles. The van der Waals surface area contributed by atoms with Crippen LogP contribution in [0.25, 0.3) is 11.8 Å². The zero-order valence-electron chi connectivity index (χ0n) is 17.8. The Morgan fingerprint density at radius 1 is 1.19 bits per heavy atom. The molecule has 0 saturated carbocycles. The first-order valence-electron chi connectivity index (χ1n) is 10.2. The molecule has 3 amide bonds. The Labute approximate surface area is 190 Å². The van der Waals surface area contributed by atoms with Crippen LogP contribution in [0.1, 0.15) is 22.5 Å². The van der Waals surface area contributed by atoms with Gasteiger partial charge in [0.05, 0.1) is 29.8 Å². The van der Waals surface area contributed by atoms with Crippen molar-refractivity contribution in [3.63, 3.8) is 0 Å². The third-order valence-electron chi connectivity index (χ3n) is 5.54. The predicted molar refractivity (Wildman–Crippen MR) is 120 cm³/mol. The zero-order valence-corrected chi connectivity index (χ0v) is 18.6. The molecule has 164 valence electrons. The van der Waals surface area contributed by atoms with Gasteiger partial charge in [0.2, 0.25) is 5.91 Å². The Morgan fingerprint density at radius 3 is 2.53 bits per heavy atom. The molecule has 9 heteroatoms. The number of nitrogens with zero attached hydrogens (tertiary/aromatic N) is 4. The van der Waals surface area contributed by atoms with E-state index in [1.54, 1.807) is 23.1 Å². The molecule has 2 saturated heterocycles. The number of rotatable bonds is 4. The highest BCUT2D eigenvalue weighted by molar-refractivity contribution is 8.18. The first kappa shape index (κ1) is 21.9. The molecule has 0 spiro atoms. The summed E-state index contributed by atoms with van der Waals surface area (Å²) in [6.07, 6.45) is 1.70. The van der Waals surface area contributed by atoms with Crippen molar-refractivity contribution >= 4 is 34.9 Å². The molecule has 2 aliphatic heterocycles. The Bertz CT molecular complexity index is 1150. The lowest BCUT2D eigenvalue weighted by Gasteiger charge is -2.28. The van der Waals surface area contributed by atoms with Gasteiger partial charge in [0, 0.05) is 30.2 Å². The number of hydrogen-bond acceptors (Lipinski definition) is 6. The summed E-state index contributed by atoms with van der Waals surface area (Å²) in [7, 11) is 0. The third kappa shape index (κ3) is 4.20. The van der Waals surface area contributed by atoms with Crippen LogP contribution >= 0.6 is 11.8 Å². The molecule has 1 aromatic carbocycles. The lowest BCUT2D eigenvalue weighted by atomic mass is 10.2. The van der Waals surface area contributed by atoms with E-state index in [2.05, 4.69) is 6.07 Å². The van der Waals surface area contributed by atoms with E-state index in [4.69, 9.17) is 10.00 Å². The quantitative estimate of drug-likeness (QED) is 0.665. The number of carbonyl (C=O) groups excluding carboxylic acids is 3. The van der Waals surface area contributed by atoms with E-state index in [9.17, 15) is 14.4 Å². The van der Waals surface area contributed by atoms with Crippen LogP contribution in [0.3, 0.4) is 0 Å². The van der Waals surface area contributed by atoms with Crippen molar-refractivity contribution in [2.45, 2.75) is 13.8 Å². The van der Waals surface area contributed by atoms with Crippen molar-refractivity contribution in [1.29, 1.82) is 5.26 Å². The molecule has 0 bridgehead atoms. The molecular weight excluding hydrogens is 428 g/mol. The van der Waals surface area contributed by atoms with Crippen LogP contribution in [-0.4, -0.2) is 64.3 Å². The summed E-state index contributed by atoms with van der Waals surface area (Å²) < 4.78 is 7.27. The van der Waals surface area contributed by atoms with Crippen molar-refractivity contribution in [3.8, 4) is 11.8 Å². The number of imide groups is 1. The fourth-order valence-corrected chi connectivity index (χ4v) is 4.67. The van der Waals surface area contributed by atoms with Gasteiger partial charge in [-0.25, -0.2) is 0 Å². The standard InChI is InChI=1S/C23H22N4O4S/c1-15-11-18(16(2)27(15)19-5-3-17(13-24)4-6-19)12-20-22(29)26(23(30)32-20)14-21(28)25-7-9-31-10-8-25/h3-6,11-12H,7-10,14H2,1-2H3/b20-12+. The van der Waals surface area contributed by atoms with E-state index in [-0.39, 0.29) is 12.5 Å². The van der Waals surface area contributed by atoms with Gasteiger partial charge >= 0.3 is 0 Å². The van der Waals surface area contributed by atoms with E-state index in [0.717, 1.165) is 39.3 Å². The highest BCUT2D eigenvalue weighted by Crippen LogP contribution is 2.33. The van der Waals surface area contributed by atoms with E-state index in [1.165, 1.54) is 0 Å². The number of aryl methyl sites for hydroxylation is 1. The van der Waals surface area contributed by atoms with Gasteiger partial charge in [0.25, 0.3) is 11.1 Å². The van der Waals surface area contributed by atoms with Gasteiger partial charge in [0.15, 0.2) is 0 Å². The summed E-state index contributed by atoms with van der Waals surface area (Å²) in [6.45, 7) is 5.48. The number of nitriles is 1. The van der Waals surface area contributed by atoms with E-state index < -0.39 is 11.1 Å². The third-order valence-corrected chi connectivity index (χ3v) is 6.45. The first-order chi connectivity index (χ1) is 15.4. The van der Waals surface area contributed by atoms with Crippen molar-refractivity contribution in [3.05, 3.63) is 57.8 Å². The summed E-state index contributed by atoms with van der Waals surface area (Å²) in [5, 5.41) is 8.57. The molecule has 0 N–H and O–H groups in total. The Morgan fingerprint density at radius 2 is 1.88 bits per heavy atom. The predicted octanol–water partition coefficient (Wildman–Crippen LogP) is 2.86. The minimum Gasteiger partial charge on any atom is -0.378 e. The summed E-state index contributed by atoms with van der Waals surface area (Å²) in [4.78, 5) is 40.7. The number of thioether (sulfide) groups is 1. The van der Waals surface area contributed by atoms with Crippen LogP contribution in [0.15, 0.2) is 35.2 Å². The molecule has 0 aliphatic carbocycles. The van der Waals surface area contributed by atoms with Gasteiger partial charge in [-0.05, 0) is 67.6 Å². The molecule has 4 rings (SSSR count).